The Hall–Kier alpha value is -0.870. The first kappa shape index (κ1) is 13.1. The molecule has 3 fully saturated rings. The van der Waals surface area contributed by atoms with Gasteiger partial charge in [0.1, 0.15) is 6.10 Å². The summed E-state index contributed by atoms with van der Waals surface area (Å²) in [4.78, 5) is 11.7. The molecule has 0 unspecified atom stereocenters. The summed E-state index contributed by atoms with van der Waals surface area (Å²) in [7, 11) is 0. The summed E-state index contributed by atoms with van der Waals surface area (Å²) >= 11 is 0. The molecular weight excluding hydrogens is 244 g/mol. The van der Waals surface area contributed by atoms with Gasteiger partial charge in [0.2, 0.25) is 0 Å². The summed E-state index contributed by atoms with van der Waals surface area (Å²) in [5.41, 5.74) is 0.183. The fourth-order valence-electron chi connectivity index (χ4n) is 4.73. The van der Waals surface area contributed by atoms with Crippen LogP contribution in [0, 0.1) is 23.2 Å². The van der Waals surface area contributed by atoms with Crippen molar-refractivity contribution >= 4 is 5.97 Å². The molecule has 2 saturated carbocycles. The minimum atomic E-state index is -0.516. The van der Waals surface area contributed by atoms with Crippen LogP contribution in [0.25, 0.3) is 0 Å². The van der Waals surface area contributed by atoms with E-state index in [2.05, 4.69) is 13.5 Å². The molecule has 1 saturated heterocycles. The van der Waals surface area contributed by atoms with Gasteiger partial charge in [-0.15, -0.1) is 0 Å². The van der Waals surface area contributed by atoms with Crippen molar-refractivity contribution in [1.82, 2.24) is 0 Å². The summed E-state index contributed by atoms with van der Waals surface area (Å²) in [5, 5.41) is 20.6. The zero-order valence-electron chi connectivity index (χ0n) is 11.5. The van der Waals surface area contributed by atoms with Crippen molar-refractivity contribution in [2.75, 3.05) is 0 Å². The molecular formula is C15H22O4. The molecule has 0 spiro atoms. The van der Waals surface area contributed by atoms with Gasteiger partial charge >= 0.3 is 5.97 Å². The minimum Gasteiger partial charge on any atom is -0.458 e. The summed E-state index contributed by atoms with van der Waals surface area (Å²) in [6, 6.07) is 0. The molecule has 0 amide bonds. The van der Waals surface area contributed by atoms with Crippen LogP contribution in [0.5, 0.6) is 0 Å². The summed E-state index contributed by atoms with van der Waals surface area (Å²) < 4.78 is 5.41. The predicted molar refractivity (Wildman–Crippen MR) is 69.1 cm³/mol. The first-order valence-corrected chi connectivity index (χ1v) is 7.10. The monoisotopic (exact) mass is 266 g/mol. The third-order valence-electron chi connectivity index (χ3n) is 5.70. The lowest BCUT2D eigenvalue weighted by Gasteiger charge is -2.37. The third kappa shape index (κ3) is 1.69. The van der Waals surface area contributed by atoms with E-state index in [1.165, 1.54) is 0 Å². The van der Waals surface area contributed by atoms with Crippen molar-refractivity contribution in [3.8, 4) is 0 Å². The molecule has 1 heterocycles. The Morgan fingerprint density at radius 2 is 2.05 bits per heavy atom. The Balaban J connectivity index is 1.98. The lowest BCUT2D eigenvalue weighted by Crippen LogP contribution is -2.37. The maximum absolute atomic E-state index is 11.7. The van der Waals surface area contributed by atoms with Gasteiger partial charge in [0, 0.05) is 17.9 Å². The molecule has 4 nitrogen and oxygen atoms in total. The molecule has 4 heteroatoms. The molecule has 1 aliphatic heterocycles. The highest BCUT2D eigenvalue weighted by Crippen LogP contribution is 2.56. The normalized spacial score (nSPS) is 53.5. The van der Waals surface area contributed by atoms with Crippen LogP contribution in [0.15, 0.2) is 12.2 Å². The van der Waals surface area contributed by atoms with Crippen LogP contribution in [-0.2, 0) is 9.53 Å². The Morgan fingerprint density at radius 1 is 1.37 bits per heavy atom. The topological polar surface area (TPSA) is 66.8 Å². The number of esters is 1. The zero-order valence-corrected chi connectivity index (χ0v) is 11.5. The molecule has 19 heavy (non-hydrogen) atoms. The Bertz CT molecular complexity index is 432. The summed E-state index contributed by atoms with van der Waals surface area (Å²) in [6.45, 7) is 7.98. The highest BCUT2D eigenvalue weighted by atomic mass is 16.6. The van der Waals surface area contributed by atoms with Gasteiger partial charge in [0.05, 0.1) is 12.2 Å². The molecule has 3 rings (SSSR count). The fourth-order valence-corrected chi connectivity index (χ4v) is 4.73. The maximum Gasteiger partial charge on any atom is 0.334 e. The molecule has 3 aliphatic rings. The summed E-state index contributed by atoms with van der Waals surface area (Å²) in [6.07, 6.45) is 0.755. The van der Waals surface area contributed by atoms with Crippen molar-refractivity contribution in [3.05, 3.63) is 12.2 Å². The maximum atomic E-state index is 11.7. The van der Waals surface area contributed by atoms with Gasteiger partial charge < -0.3 is 14.9 Å². The van der Waals surface area contributed by atoms with E-state index >= 15 is 0 Å². The second-order valence-electron chi connectivity index (χ2n) is 6.84. The van der Waals surface area contributed by atoms with E-state index in [9.17, 15) is 15.0 Å². The second kappa shape index (κ2) is 4.06. The number of aliphatic hydroxyl groups is 2. The van der Waals surface area contributed by atoms with Crippen molar-refractivity contribution in [1.29, 1.82) is 0 Å². The van der Waals surface area contributed by atoms with Gasteiger partial charge in [-0.3, -0.25) is 0 Å². The second-order valence-corrected chi connectivity index (χ2v) is 6.84. The molecule has 0 aromatic rings. The van der Waals surface area contributed by atoms with E-state index in [0.717, 1.165) is 6.42 Å². The molecule has 106 valence electrons. The van der Waals surface area contributed by atoms with E-state index in [-0.39, 0.29) is 35.2 Å². The third-order valence-corrected chi connectivity index (χ3v) is 5.70. The first-order chi connectivity index (χ1) is 8.84. The largest absolute Gasteiger partial charge is 0.458 e. The van der Waals surface area contributed by atoms with Crippen LogP contribution >= 0.6 is 0 Å². The van der Waals surface area contributed by atoms with Crippen LogP contribution in [0.4, 0.5) is 0 Å². The van der Waals surface area contributed by atoms with Crippen molar-refractivity contribution in [2.24, 2.45) is 23.2 Å². The zero-order chi connectivity index (χ0) is 13.9. The molecule has 0 bridgehead atoms. The van der Waals surface area contributed by atoms with Gasteiger partial charge in [0.25, 0.3) is 0 Å². The molecule has 7 atom stereocenters. The Morgan fingerprint density at radius 3 is 2.74 bits per heavy atom. The highest BCUT2D eigenvalue weighted by molar-refractivity contribution is 5.90. The van der Waals surface area contributed by atoms with E-state index < -0.39 is 12.2 Å². The van der Waals surface area contributed by atoms with Crippen molar-refractivity contribution in [3.63, 3.8) is 0 Å². The Labute approximate surface area is 113 Å². The van der Waals surface area contributed by atoms with Gasteiger partial charge in [0.15, 0.2) is 0 Å². The van der Waals surface area contributed by atoms with Gasteiger partial charge in [-0.1, -0.05) is 20.4 Å². The van der Waals surface area contributed by atoms with Crippen molar-refractivity contribution in [2.45, 2.75) is 51.4 Å². The minimum absolute atomic E-state index is 0.00935. The highest BCUT2D eigenvalue weighted by Gasteiger charge is 2.58. The smallest absolute Gasteiger partial charge is 0.334 e. The van der Waals surface area contributed by atoms with E-state index in [4.69, 9.17) is 4.74 Å². The number of fused-ring (bicyclic) bond motifs is 2. The lowest BCUT2D eigenvalue weighted by molar-refractivity contribution is -0.139. The predicted octanol–water partition coefficient (Wildman–Crippen LogP) is 1.26. The number of aliphatic hydroxyl groups excluding tert-OH is 2. The average Bonchev–Trinajstić information content (AvgIpc) is 2.63. The van der Waals surface area contributed by atoms with Gasteiger partial charge in [-0.25, -0.2) is 4.79 Å². The number of carbonyl (C=O) groups excluding carboxylic acids is 1. The Kier molecular flexibility index (Phi) is 2.81. The average molecular weight is 266 g/mol. The number of hydrogen-bond donors (Lipinski definition) is 2. The van der Waals surface area contributed by atoms with E-state index in [1.807, 2.05) is 6.92 Å². The van der Waals surface area contributed by atoms with E-state index in [0.29, 0.717) is 18.4 Å². The molecule has 0 aromatic heterocycles. The van der Waals surface area contributed by atoms with Crippen LogP contribution in [0.1, 0.15) is 33.1 Å². The number of carbonyl (C=O) groups is 1. The first-order valence-electron chi connectivity index (χ1n) is 7.10. The number of ether oxygens (including phenoxy) is 1. The van der Waals surface area contributed by atoms with Crippen molar-refractivity contribution < 1.29 is 19.7 Å². The SMILES string of the molecule is C=C1C(=O)O[C@@H]2C[C@@H](C)[C@@H]3[C@@H](O)C[C@@H](O)[C@@]3(C)C[C@H]12. The fraction of sp³-hybridized carbons (Fsp3) is 0.800. The molecule has 0 aromatic carbocycles. The van der Waals surface area contributed by atoms with Crippen LogP contribution in [-0.4, -0.2) is 34.5 Å². The van der Waals surface area contributed by atoms with Crippen LogP contribution in [0.2, 0.25) is 0 Å². The number of hydrogen-bond acceptors (Lipinski definition) is 4. The number of rotatable bonds is 0. The lowest BCUT2D eigenvalue weighted by atomic mass is 9.69. The van der Waals surface area contributed by atoms with Gasteiger partial charge in [-0.05, 0) is 30.1 Å². The van der Waals surface area contributed by atoms with E-state index in [1.54, 1.807) is 0 Å². The quantitative estimate of drug-likeness (QED) is 0.512. The molecule has 0 radical (unpaired) electrons. The van der Waals surface area contributed by atoms with Crippen LogP contribution < -0.4 is 0 Å². The standard InChI is InChI=1S/C15H22O4/c1-7-4-11-9(8(2)14(18)19-11)6-15(3)12(17)5-10(16)13(7)15/h7,9-13,16-17H,2,4-6H2,1,3H3/t7-,9-,10+,11-,12-,13-,15-/m1/s1. The van der Waals surface area contributed by atoms with Gasteiger partial charge in [-0.2, -0.15) is 0 Å². The molecule has 2 N–H and O–H groups in total. The molecule has 2 aliphatic carbocycles. The van der Waals surface area contributed by atoms with Crippen LogP contribution in [0.3, 0.4) is 0 Å². The summed E-state index contributed by atoms with van der Waals surface area (Å²) in [5.74, 6) is -0.00682.